The summed E-state index contributed by atoms with van der Waals surface area (Å²) < 4.78 is 10.7. The summed E-state index contributed by atoms with van der Waals surface area (Å²) in [4.78, 5) is 126. The summed E-state index contributed by atoms with van der Waals surface area (Å²) in [6.07, 6.45) is -5.18. The summed E-state index contributed by atoms with van der Waals surface area (Å²) >= 11 is 1.27. The lowest BCUT2D eigenvalue weighted by atomic mass is 9.89. The zero-order valence-corrected chi connectivity index (χ0v) is 42.5. The van der Waals surface area contributed by atoms with Gasteiger partial charge in [0.1, 0.15) is 18.1 Å². The summed E-state index contributed by atoms with van der Waals surface area (Å²) in [5.41, 5.74) is 4.31. The van der Waals surface area contributed by atoms with E-state index >= 15 is 0 Å². The third-order valence-electron chi connectivity index (χ3n) is 12.5. The van der Waals surface area contributed by atoms with Gasteiger partial charge in [-0.2, -0.15) is 0 Å². The van der Waals surface area contributed by atoms with Gasteiger partial charge in [0.05, 0.1) is 6.04 Å². The number of carboxylic acids is 1. The van der Waals surface area contributed by atoms with Gasteiger partial charge in [0.2, 0.25) is 29.9 Å². The second-order valence-electron chi connectivity index (χ2n) is 18.3. The molecular weight excluding hydrogens is 991 g/mol. The highest BCUT2D eigenvalue weighted by molar-refractivity contribution is 7.09. The Kier molecular flexibility index (Phi) is 19.1. The number of thiophene rings is 1. The van der Waals surface area contributed by atoms with Crippen molar-refractivity contribution in [2.45, 2.75) is 88.7 Å². The number of ketones is 1. The molecule has 2 bridgehead atoms. The predicted molar refractivity (Wildman–Crippen MR) is 282 cm³/mol. The third kappa shape index (κ3) is 15.9. The van der Waals surface area contributed by atoms with Crippen LogP contribution < -0.4 is 26.6 Å². The highest BCUT2D eigenvalue weighted by Crippen LogP contribution is 2.23. The van der Waals surface area contributed by atoms with Crippen molar-refractivity contribution in [2.24, 2.45) is 5.92 Å². The molecule has 7 atom stereocenters. The maximum Gasteiger partial charge on any atom is 0.326 e. The Bertz CT molecular complexity index is 2990. The van der Waals surface area contributed by atoms with E-state index in [9.17, 15) is 48.3 Å². The maximum absolute atomic E-state index is 15.0. The molecule has 2 aliphatic rings. The summed E-state index contributed by atoms with van der Waals surface area (Å²) in [7, 11) is 0. The van der Waals surface area contributed by atoms with Crippen LogP contribution in [0.25, 0.3) is 11.1 Å². The first-order valence-corrected chi connectivity index (χ1v) is 25.4. The van der Waals surface area contributed by atoms with Gasteiger partial charge in [-0.15, -0.1) is 11.3 Å². The number of benzene rings is 5. The highest BCUT2D eigenvalue weighted by atomic mass is 32.1. The van der Waals surface area contributed by atoms with E-state index in [1.807, 2.05) is 42.5 Å². The lowest BCUT2D eigenvalue weighted by Gasteiger charge is -2.28. The fraction of sp³-hybridized carbons (Fsp3) is 0.259. The Labute approximate surface area is 442 Å². The number of fused-ring (bicyclic) bond motifs is 18. The van der Waals surface area contributed by atoms with Crippen molar-refractivity contribution in [3.63, 3.8) is 0 Å². The van der Waals surface area contributed by atoms with E-state index in [0.717, 1.165) is 25.0 Å². The number of esters is 2. The topological polar surface area (TPSA) is 252 Å². The van der Waals surface area contributed by atoms with Crippen molar-refractivity contribution in [3.05, 3.63) is 184 Å². The van der Waals surface area contributed by atoms with Gasteiger partial charge in [0, 0.05) is 56.0 Å². The summed E-state index contributed by atoms with van der Waals surface area (Å²) in [6, 6.07) is 38.3. The van der Waals surface area contributed by atoms with Crippen LogP contribution in [0.5, 0.6) is 0 Å². The number of carbonyl (C=O) groups excluding carboxylic acids is 8. The molecule has 0 saturated heterocycles. The molecule has 8 rings (SSSR count). The van der Waals surface area contributed by atoms with Crippen LogP contribution >= 0.6 is 11.3 Å². The van der Waals surface area contributed by atoms with Crippen LogP contribution in [0, 0.1) is 5.92 Å². The quantitative estimate of drug-likeness (QED) is 0.0598. The molecule has 0 spiro atoms. The van der Waals surface area contributed by atoms with Gasteiger partial charge in [0.25, 0.3) is 11.8 Å². The molecule has 0 aliphatic carbocycles. The van der Waals surface area contributed by atoms with Crippen LogP contribution in [0.15, 0.2) is 157 Å². The smallest absolute Gasteiger partial charge is 0.326 e. The number of carbonyl (C=O) groups is 9. The average Bonchev–Trinajstić information content (AvgIpc) is 3.93. The number of Topliss-reactive ketones (excluding diaryl/α,β-unsaturated/α-hetero) is 1. The molecule has 5 amide bonds. The van der Waals surface area contributed by atoms with Gasteiger partial charge in [-0.25, -0.2) is 4.79 Å². The Hall–Kier alpha value is -8.77. The van der Waals surface area contributed by atoms with Crippen molar-refractivity contribution in [3.8, 4) is 11.1 Å². The lowest BCUT2D eigenvalue weighted by molar-refractivity contribution is -0.173. The number of rotatable bonds is 14. The fourth-order valence-corrected chi connectivity index (χ4v) is 9.46. The number of carboxylic acid groups (broad SMARTS) is 1. The van der Waals surface area contributed by atoms with E-state index in [1.54, 1.807) is 102 Å². The molecule has 17 nitrogen and oxygen atoms in total. The second-order valence-corrected chi connectivity index (χ2v) is 19.4. The molecule has 5 aromatic carbocycles. The number of hydrogen-bond acceptors (Lipinski definition) is 12. The third-order valence-corrected chi connectivity index (χ3v) is 13.4. The van der Waals surface area contributed by atoms with E-state index in [1.165, 1.54) is 23.5 Å². The van der Waals surface area contributed by atoms with Gasteiger partial charge in [-0.1, -0.05) is 133 Å². The zero-order valence-electron chi connectivity index (χ0n) is 41.6. The van der Waals surface area contributed by atoms with Crippen LogP contribution in [0.4, 0.5) is 5.69 Å². The minimum absolute atomic E-state index is 0.0373. The molecule has 0 unspecified atom stereocenters. The second kappa shape index (κ2) is 26.4. The minimum Gasteiger partial charge on any atom is -0.480 e. The van der Waals surface area contributed by atoms with Crippen molar-refractivity contribution in [1.29, 1.82) is 0 Å². The van der Waals surface area contributed by atoms with E-state index in [2.05, 4.69) is 26.6 Å². The molecule has 2 aliphatic heterocycles. The predicted octanol–water partition coefficient (Wildman–Crippen LogP) is 5.34. The molecule has 6 aromatic rings. The number of aliphatic carboxylic acids is 1. The molecule has 18 heteroatoms. The molecule has 1 aromatic heterocycles. The van der Waals surface area contributed by atoms with E-state index in [4.69, 9.17) is 9.47 Å². The van der Waals surface area contributed by atoms with Crippen molar-refractivity contribution in [1.82, 2.24) is 21.3 Å². The van der Waals surface area contributed by atoms with Crippen LogP contribution in [-0.2, 0) is 84.7 Å². The first kappa shape index (κ1) is 55.0. The fourth-order valence-electron chi connectivity index (χ4n) is 8.71. The summed E-state index contributed by atoms with van der Waals surface area (Å²) in [5.74, 6) is -9.82. The molecule has 3 heterocycles. The van der Waals surface area contributed by atoms with Gasteiger partial charge >= 0.3 is 17.9 Å². The van der Waals surface area contributed by atoms with Crippen molar-refractivity contribution < 1.29 is 57.7 Å². The monoisotopic (exact) mass is 1050 g/mol. The largest absolute Gasteiger partial charge is 0.480 e. The summed E-state index contributed by atoms with van der Waals surface area (Å²) in [6.45, 7) is 1.97. The number of anilines is 1. The van der Waals surface area contributed by atoms with Crippen molar-refractivity contribution in [2.75, 3.05) is 5.32 Å². The number of hydrogen-bond donors (Lipinski definition) is 6. The molecular formula is C58H57N5O12S. The van der Waals surface area contributed by atoms with E-state index in [0.29, 0.717) is 27.1 Å². The Balaban J connectivity index is 1.31. The van der Waals surface area contributed by atoms with Crippen LogP contribution in [0.3, 0.4) is 0 Å². The first-order valence-electron chi connectivity index (χ1n) is 24.5. The molecule has 0 fully saturated rings. The van der Waals surface area contributed by atoms with Crippen molar-refractivity contribution >= 4 is 70.3 Å². The van der Waals surface area contributed by atoms with Crippen LogP contribution in [0.2, 0.25) is 0 Å². The zero-order chi connectivity index (χ0) is 54.1. The van der Waals surface area contributed by atoms with Crippen LogP contribution in [-0.4, -0.2) is 94.7 Å². The standard InChI is InChI=1S/C58H57N5O12S/c1-35(64)74-51-52(75-36(2)65)57(71)62-48(34-45-19-12-28-76-45)55(69)61-47(31-40-20-24-42(25-21-40)41-17-10-5-11-18-41)54(68)60-46(30-37-13-6-3-7-14-37)50(66)33-43(29-39-22-26-44(27-23-39)59-56(51)70)53(67)63-49(58(72)73)32-38-15-8-4-9-16-38/h3-28,43,46-49,51-52H,29-34H2,1-2H3,(H,59,70)(H,60,68)(H,61,69)(H,62,71)(H,63,67)(H,72,73)/t43-,46+,47-,48+,49-,51+,52+/m0/s1. The van der Waals surface area contributed by atoms with Gasteiger partial charge in [0.15, 0.2) is 5.78 Å². The average molecular weight is 1050 g/mol. The van der Waals surface area contributed by atoms with Crippen LogP contribution in [0.1, 0.15) is 47.4 Å². The van der Waals surface area contributed by atoms with E-state index < -0.39 is 102 Å². The Morgan fingerprint density at radius 1 is 0.566 bits per heavy atom. The molecule has 6 N–H and O–H groups in total. The summed E-state index contributed by atoms with van der Waals surface area (Å²) in [5, 5.41) is 25.5. The SMILES string of the molecule is CC(=O)O[C@H]1C(=O)Nc2ccc(cc2)C[C@H](C(=O)N[C@@H](Cc2ccccc2)C(=O)O)CC(=O)[C@@H](Cc2ccccc2)NC(=O)[C@H](Cc2ccc(-c3ccccc3)cc2)NC(=O)[C@@H](Cc2cccs2)NC(=O)[C@@H]1OC(C)=O. The lowest BCUT2D eigenvalue weighted by Crippen LogP contribution is -2.59. The van der Waals surface area contributed by atoms with E-state index in [-0.39, 0.29) is 37.8 Å². The molecule has 0 radical (unpaired) electrons. The minimum atomic E-state index is -2.13. The maximum atomic E-state index is 15.0. The Morgan fingerprint density at radius 3 is 1.66 bits per heavy atom. The van der Waals surface area contributed by atoms with Gasteiger partial charge in [-0.3, -0.25) is 38.4 Å². The Morgan fingerprint density at radius 2 is 1.08 bits per heavy atom. The molecule has 0 saturated carbocycles. The van der Waals surface area contributed by atoms with Gasteiger partial charge < -0.3 is 41.2 Å². The number of nitrogens with one attached hydrogen (secondary N) is 5. The highest BCUT2D eigenvalue weighted by Gasteiger charge is 2.42. The first-order chi connectivity index (χ1) is 36.6. The molecule has 76 heavy (non-hydrogen) atoms. The normalized spacial score (nSPS) is 20.1. The van der Waals surface area contributed by atoms with Gasteiger partial charge in [-0.05, 0) is 69.8 Å². The molecule has 392 valence electrons. The number of ether oxygens (including phenoxy) is 2. The number of amides is 5.